The first-order valence-corrected chi connectivity index (χ1v) is 5.52. The highest BCUT2D eigenvalue weighted by molar-refractivity contribution is 5.86. The Morgan fingerprint density at radius 3 is 2.74 bits per heavy atom. The van der Waals surface area contributed by atoms with E-state index >= 15 is 0 Å². The standard InChI is InChI=1S/C12H9F2N5/c1-15-11-8-5-18-19(12(8)17-6-16-11)7-2-3-9(13)10(14)4-7/h2-6H,1H3,(H,15,16,17). The van der Waals surface area contributed by atoms with Gasteiger partial charge >= 0.3 is 0 Å². The molecule has 0 unspecified atom stereocenters. The number of anilines is 1. The lowest BCUT2D eigenvalue weighted by Crippen LogP contribution is -2.00. The Morgan fingerprint density at radius 1 is 1.16 bits per heavy atom. The molecular formula is C12H9F2N5. The number of fused-ring (bicyclic) bond motifs is 1. The van der Waals surface area contributed by atoms with Crippen molar-refractivity contribution in [3.63, 3.8) is 0 Å². The third-order valence-corrected chi connectivity index (χ3v) is 2.75. The smallest absolute Gasteiger partial charge is 0.168 e. The van der Waals surface area contributed by atoms with Crippen molar-refractivity contribution in [1.82, 2.24) is 19.7 Å². The van der Waals surface area contributed by atoms with E-state index in [9.17, 15) is 8.78 Å². The summed E-state index contributed by atoms with van der Waals surface area (Å²) in [5, 5.41) is 7.75. The lowest BCUT2D eigenvalue weighted by molar-refractivity contribution is 0.507. The van der Waals surface area contributed by atoms with Gasteiger partial charge in [0.05, 0.1) is 17.3 Å². The zero-order chi connectivity index (χ0) is 13.4. The minimum atomic E-state index is -0.927. The molecule has 0 saturated heterocycles. The topological polar surface area (TPSA) is 55.6 Å². The van der Waals surface area contributed by atoms with E-state index in [2.05, 4.69) is 20.4 Å². The molecule has 0 saturated carbocycles. The number of halogens is 2. The third-order valence-electron chi connectivity index (χ3n) is 2.75. The van der Waals surface area contributed by atoms with E-state index in [1.54, 1.807) is 13.2 Å². The van der Waals surface area contributed by atoms with Crippen molar-refractivity contribution in [2.24, 2.45) is 0 Å². The third kappa shape index (κ3) is 1.79. The van der Waals surface area contributed by atoms with Crippen LogP contribution < -0.4 is 5.32 Å². The maximum absolute atomic E-state index is 13.3. The Labute approximate surface area is 106 Å². The summed E-state index contributed by atoms with van der Waals surface area (Å²) in [6.45, 7) is 0. The summed E-state index contributed by atoms with van der Waals surface area (Å²) in [7, 11) is 1.73. The molecule has 96 valence electrons. The minimum Gasteiger partial charge on any atom is -0.372 e. The van der Waals surface area contributed by atoms with Gasteiger partial charge in [-0.15, -0.1) is 0 Å². The fourth-order valence-electron chi connectivity index (χ4n) is 1.85. The van der Waals surface area contributed by atoms with Gasteiger partial charge < -0.3 is 5.32 Å². The molecule has 0 radical (unpaired) electrons. The van der Waals surface area contributed by atoms with E-state index in [4.69, 9.17) is 0 Å². The maximum atomic E-state index is 13.3. The molecule has 0 aliphatic carbocycles. The quantitative estimate of drug-likeness (QED) is 0.767. The minimum absolute atomic E-state index is 0.398. The molecule has 2 aromatic heterocycles. The van der Waals surface area contributed by atoms with Crippen LogP contribution in [0.1, 0.15) is 0 Å². The van der Waals surface area contributed by atoms with Crippen LogP contribution in [0.2, 0.25) is 0 Å². The summed E-state index contributed by atoms with van der Waals surface area (Å²) in [6.07, 6.45) is 2.95. The van der Waals surface area contributed by atoms with Gasteiger partial charge in [0.1, 0.15) is 12.1 Å². The first-order valence-electron chi connectivity index (χ1n) is 5.52. The van der Waals surface area contributed by atoms with E-state index < -0.39 is 11.6 Å². The number of nitrogens with zero attached hydrogens (tertiary/aromatic N) is 4. The molecule has 1 aromatic carbocycles. The normalized spacial score (nSPS) is 10.9. The number of nitrogens with one attached hydrogen (secondary N) is 1. The molecule has 1 N–H and O–H groups in total. The van der Waals surface area contributed by atoms with Crippen LogP contribution in [0, 0.1) is 11.6 Å². The Balaban J connectivity index is 2.23. The second-order valence-corrected chi connectivity index (χ2v) is 3.86. The molecule has 3 aromatic rings. The molecular weight excluding hydrogens is 252 g/mol. The first-order chi connectivity index (χ1) is 9.20. The van der Waals surface area contributed by atoms with E-state index in [-0.39, 0.29) is 0 Å². The van der Waals surface area contributed by atoms with Crippen LogP contribution in [0.4, 0.5) is 14.6 Å². The predicted octanol–water partition coefficient (Wildman–Crippen LogP) is 2.14. The second-order valence-electron chi connectivity index (χ2n) is 3.86. The Kier molecular flexibility index (Phi) is 2.59. The van der Waals surface area contributed by atoms with E-state index in [0.717, 1.165) is 12.1 Å². The van der Waals surface area contributed by atoms with Crippen molar-refractivity contribution in [1.29, 1.82) is 0 Å². The Bertz CT molecular complexity index is 753. The first kappa shape index (κ1) is 11.5. The molecule has 2 heterocycles. The number of benzene rings is 1. The zero-order valence-corrected chi connectivity index (χ0v) is 9.93. The molecule has 19 heavy (non-hydrogen) atoms. The van der Waals surface area contributed by atoms with Crippen molar-refractivity contribution in [2.45, 2.75) is 0 Å². The van der Waals surface area contributed by atoms with Gasteiger partial charge in [-0.2, -0.15) is 5.10 Å². The van der Waals surface area contributed by atoms with E-state index in [0.29, 0.717) is 22.5 Å². The highest BCUT2D eigenvalue weighted by Crippen LogP contribution is 2.21. The summed E-state index contributed by atoms with van der Waals surface area (Å²) in [5.41, 5.74) is 0.917. The Morgan fingerprint density at radius 2 is 2.00 bits per heavy atom. The van der Waals surface area contributed by atoms with Crippen LogP contribution >= 0.6 is 0 Å². The molecule has 0 atom stereocenters. The second kappa shape index (κ2) is 4.27. The average Bonchev–Trinajstić information content (AvgIpc) is 2.85. The van der Waals surface area contributed by atoms with Gasteiger partial charge in [0, 0.05) is 13.1 Å². The van der Waals surface area contributed by atoms with Crippen LogP contribution in [-0.4, -0.2) is 26.8 Å². The monoisotopic (exact) mass is 261 g/mol. The summed E-state index contributed by atoms with van der Waals surface area (Å²) < 4.78 is 27.6. The van der Waals surface area contributed by atoms with Crippen molar-refractivity contribution in [3.8, 4) is 5.69 Å². The molecule has 0 bridgehead atoms. The van der Waals surface area contributed by atoms with Crippen LogP contribution in [0.25, 0.3) is 16.7 Å². The SMILES string of the molecule is CNc1ncnc2c1cnn2-c1ccc(F)c(F)c1. The summed E-state index contributed by atoms with van der Waals surface area (Å²) in [4.78, 5) is 8.17. The van der Waals surface area contributed by atoms with Crippen LogP contribution in [0.5, 0.6) is 0 Å². The van der Waals surface area contributed by atoms with Crippen molar-refractivity contribution >= 4 is 16.9 Å². The molecule has 0 amide bonds. The molecule has 0 fully saturated rings. The fraction of sp³-hybridized carbons (Fsp3) is 0.0833. The maximum Gasteiger partial charge on any atom is 0.168 e. The summed E-state index contributed by atoms with van der Waals surface area (Å²) >= 11 is 0. The largest absolute Gasteiger partial charge is 0.372 e. The zero-order valence-electron chi connectivity index (χ0n) is 9.93. The molecule has 0 aliphatic rings. The summed E-state index contributed by atoms with van der Waals surface area (Å²) in [5.74, 6) is -1.20. The molecule has 3 rings (SSSR count). The lowest BCUT2D eigenvalue weighted by Gasteiger charge is -2.04. The van der Waals surface area contributed by atoms with Gasteiger partial charge in [-0.25, -0.2) is 23.4 Å². The van der Waals surface area contributed by atoms with Crippen molar-refractivity contribution < 1.29 is 8.78 Å². The van der Waals surface area contributed by atoms with Crippen LogP contribution in [-0.2, 0) is 0 Å². The van der Waals surface area contributed by atoms with Gasteiger partial charge in [0.25, 0.3) is 0 Å². The number of rotatable bonds is 2. The molecule has 0 aliphatic heterocycles. The van der Waals surface area contributed by atoms with Crippen LogP contribution in [0.15, 0.2) is 30.7 Å². The van der Waals surface area contributed by atoms with E-state index in [1.807, 2.05) is 0 Å². The fourth-order valence-corrected chi connectivity index (χ4v) is 1.85. The molecule has 5 nitrogen and oxygen atoms in total. The van der Waals surface area contributed by atoms with Crippen molar-refractivity contribution in [2.75, 3.05) is 12.4 Å². The number of aromatic nitrogens is 4. The van der Waals surface area contributed by atoms with Crippen LogP contribution in [0.3, 0.4) is 0 Å². The average molecular weight is 261 g/mol. The number of hydrogen-bond donors (Lipinski definition) is 1. The van der Waals surface area contributed by atoms with Gasteiger partial charge in [-0.3, -0.25) is 0 Å². The Hall–Kier alpha value is -2.57. The lowest BCUT2D eigenvalue weighted by atomic mass is 10.3. The molecule has 0 spiro atoms. The van der Waals surface area contributed by atoms with Gasteiger partial charge in [0.15, 0.2) is 17.3 Å². The highest BCUT2D eigenvalue weighted by atomic mass is 19.2. The molecule has 7 heteroatoms. The highest BCUT2D eigenvalue weighted by Gasteiger charge is 2.11. The predicted molar refractivity (Wildman–Crippen MR) is 66.1 cm³/mol. The van der Waals surface area contributed by atoms with Crippen molar-refractivity contribution in [3.05, 3.63) is 42.4 Å². The van der Waals surface area contributed by atoms with Gasteiger partial charge in [-0.1, -0.05) is 0 Å². The van der Waals surface area contributed by atoms with E-state index in [1.165, 1.54) is 17.1 Å². The van der Waals surface area contributed by atoms with Gasteiger partial charge in [-0.05, 0) is 12.1 Å². The number of hydrogen-bond acceptors (Lipinski definition) is 4. The van der Waals surface area contributed by atoms with Gasteiger partial charge in [0.2, 0.25) is 0 Å². The summed E-state index contributed by atoms with van der Waals surface area (Å²) in [6, 6.07) is 3.56.